The fraction of sp³-hybridized carbons (Fsp3) is 0.429. The molecule has 2 aliphatic heterocycles. The Morgan fingerprint density at radius 1 is 1.10 bits per heavy atom. The smallest absolute Gasteiger partial charge is 0.322 e. The van der Waals surface area contributed by atoms with Crippen LogP contribution in [0.2, 0.25) is 0 Å². The van der Waals surface area contributed by atoms with Crippen LogP contribution in [-0.2, 0) is 16.8 Å². The third-order valence-corrected chi connectivity index (χ3v) is 4.17. The van der Waals surface area contributed by atoms with Gasteiger partial charge in [0.15, 0.2) is 11.5 Å². The Balaban J connectivity index is 1.88. The first kappa shape index (κ1) is 11.6. The molecule has 1 unspecified atom stereocenters. The lowest BCUT2D eigenvalue weighted by atomic mass is 9.76. The number of nitrogens with one attached hydrogen (secondary N) is 2. The molecule has 1 saturated heterocycles. The molecule has 2 N–H and O–H groups in total. The maximum Gasteiger partial charge on any atom is 0.322 e. The Hall–Kier alpha value is -2.24. The second kappa shape index (κ2) is 3.88. The van der Waals surface area contributed by atoms with Gasteiger partial charge in [-0.1, -0.05) is 0 Å². The number of fused-ring (bicyclic) bond motifs is 3. The van der Waals surface area contributed by atoms with Gasteiger partial charge in [-0.15, -0.1) is 0 Å². The van der Waals surface area contributed by atoms with Crippen molar-refractivity contribution in [1.82, 2.24) is 10.6 Å². The number of hydrogen-bond acceptors (Lipinski definition) is 4. The van der Waals surface area contributed by atoms with Gasteiger partial charge in [-0.05, 0) is 42.5 Å². The fourth-order valence-electron chi connectivity index (χ4n) is 3.27. The summed E-state index contributed by atoms with van der Waals surface area (Å²) >= 11 is 0. The molecule has 1 aliphatic carbocycles. The maximum absolute atomic E-state index is 12.2. The average Bonchev–Trinajstić information content (AvgIpc) is 2.72. The van der Waals surface area contributed by atoms with E-state index in [2.05, 4.69) is 10.6 Å². The fourth-order valence-corrected chi connectivity index (χ4v) is 3.27. The Kier molecular flexibility index (Phi) is 2.24. The van der Waals surface area contributed by atoms with Gasteiger partial charge >= 0.3 is 6.03 Å². The molecule has 6 heteroatoms. The molecular formula is C14H14N2O4. The number of carbonyl (C=O) groups is 2. The van der Waals surface area contributed by atoms with Gasteiger partial charge in [0, 0.05) is 0 Å². The van der Waals surface area contributed by atoms with E-state index in [4.69, 9.17) is 9.47 Å². The molecule has 0 aromatic heterocycles. The van der Waals surface area contributed by atoms with Crippen LogP contribution < -0.4 is 20.1 Å². The second-order valence-electron chi connectivity index (χ2n) is 5.32. The number of ether oxygens (including phenoxy) is 2. The minimum absolute atomic E-state index is 0.278. The van der Waals surface area contributed by atoms with Crippen LogP contribution in [0.4, 0.5) is 4.79 Å². The molecule has 20 heavy (non-hydrogen) atoms. The number of rotatable bonds is 0. The quantitative estimate of drug-likeness (QED) is 0.687. The standard InChI is InChI=1S/C14H14N2O4/c17-12-14(16-13(18)15-12)3-1-2-8-6-10-11(7-9(8)14)20-5-4-19-10/h6-7H,1-5H2,(H2,15,16,17,18). The summed E-state index contributed by atoms with van der Waals surface area (Å²) in [7, 11) is 0. The molecule has 1 aromatic carbocycles. The number of aryl methyl sites for hydroxylation is 1. The summed E-state index contributed by atoms with van der Waals surface area (Å²) in [6.45, 7) is 1.03. The zero-order chi connectivity index (χ0) is 13.7. The average molecular weight is 274 g/mol. The van der Waals surface area contributed by atoms with Gasteiger partial charge in [-0.3, -0.25) is 10.1 Å². The van der Waals surface area contributed by atoms with Crippen molar-refractivity contribution in [2.75, 3.05) is 13.2 Å². The van der Waals surface area contributed by atoms with Crippen LogP contribution in [0.3, 0.4) is 0 Å². The monoisotopic (exact) mass is 274 g/mol. The molecule has 0 saturated carbocycles. The van der Waals surface area contributed by atoms with Crippen LogP contribution in [-0.4, -0.2) is 25.2 Å². The molecule has 3 aliphatic rings. The largest absolute Gasteiger partial charge is 0.486 e. The summed E-state index contributed by atoms with van der Waals surface area (Å²) < 4.78 is 11.2. The number of urea groups is 1. The van der Waals surface area contributed by atoms with E-state index in [1.165, 1.54) is 0 Å². The predicted molar refractivity (Wildman–Crippen MR) is 68.7 cm³/mol. The van der Waals surface area contributed by atoms with E-state index < -0.39 is 11.6 Å². The molecule has 1 aromatic rings. The van der Waals surface area contributed by atoms with Gasteiger partial charge in [-0.25, -0.2) is 4.79 Å². The summed E-state index contributed by atoms with van der Waals surface area (Å²) in [5, 5.41) is 5.12. The van der Waals surface area contributed by atoms with Crippen molar-refractivity contribution in [3.8, 4) is 11.5 Å². The number of imide groups is 1. The SMILES string of the molecule is O=C1NC(=O)C2(CCCc3cc4c(cc32)OCCO4)N1. The van der Waals surface area contributed by atoms with Crippen LogP contribution in [0.15, 0.2) is 12.1 Å². The molecule has 1 atom stereocenters. The van der Waals surface area contributed by atoms with Crippen molar-refractivity contribution in [1.29, 1.82) is 0 Å². The Morgan fingerprint density at radius 2 is 1.85 bits per heavy atom. The minimum atomic E-state index is -0.944. The van der Waals surface area contributed by atoms with Crippen LogP contribution in [0, 0.1) is 0 Å². The Labute approximate surface area is 115 Å². The highest BCUT2D eigenvalue weighted by Gasteiger charge is 2.50. The normalized spacial score (nSPS) is 27.0. The molecule has 2 heterocycles. The van der Waals surface area contributed by atoms with E-state index >= 15 is 0 Å². The Bertz CT molecular complexity index is 628. The van der Waals surface area contributed by atoms with Gasteiger partial charge in [0.1, 0.15) is 18.8 Å². The molecule has 3 amide bonds. The molecule has 1 fully saturated rings. The summed E-state index contributed by atoms with van der Waals surface area (Å²) in [6.07, 6.45) is 2.33. The van der Waals surface area contributed by atoms with Crippen molar-refractivity contribution in [3.05, 3.63) is 23.3 Å². The van der Waals surface area contributed by atoms with E-state index in [0.717, 1.165) is 29.7 Å². The first-order valence-corrected chi connectivity index (χ1v) is 6.76. The molecule has 104 valence electrons. The van der Waals surface area contributed by atoms with Crippen molar-refractivity contribution in [2.24, 2.45) is 0 Å². The van der Waals surface area contributed by atoms with Crippen molar-refractivity contribution < 1.29 is 19.1 Å². The Morgan fingerprint density at radius 3 is 2.55 bits per heavy atom. The zero-order valence-corrected chi connectivity index (χ0v) is 10.8. The number of amides is 3. The molecule has 0 bridgehead atoms. The zero-order valence-electron chi connectivity index (χ0n) is 10.8. The lowest BCUT2D eigenvalue weighted by Gasteiger charge is -2.34. The maximum atomic E-state index is 12.2. The van der Waals surface area contributed by atoms with Gasteiger partial charge in [0.2, 0.25) is 0 Å². The van der Waals surface area contributed by atoms with Crippen molar-refractivity contribution >= 4 is 11.9 Å². The van der Waals surface area contributed by atoms with Crippen LogP contribution >= 0.6 is 0 Å². The van der Waals surface area contributed by atoms with E-state index in [0.29, 0.717) is 25.4 Å². The third-order valence-electron chi connectivity index (χ3n) is 4.17. The molecule has 4 rings (SSSR count). The van der Waals surface area contributed by atoms with Gasteiger partial charge in [0.05, 0.1) is 0 Å². The molecule has 1 spiro atoms. The van der Waals surface area contributed by atoms with Crippen LogP contribution in [0.5, 0.6) is 11.5 Å². The third kappa shape index (κ3) is 1.44. The summed E-state index contributed by atoms with van der Waals surface area (Å²) in [4.78, 5) is 23.8. The van der Waals surface area contributed by atoms with Crippen molar-refractivity contribution in [2.45, 2.75) is 24.8 Å². The van der Waals surface area contributed by atoms with Gasteiger partial charge in [0.25, 0.3) is 5.91 Å². The second-order valence-corrected chi connectivity index (χ2v) is 5.32. The minimum Gasteiger partial charge on any atom is -0.486 e. The van der Waals surface area contributed by atoms with Crippen molar-refractivity contribution in [3.63, 3.8) is 0 Å². The van der Waals surface area contributed by atoms with E-state index in [9.17, 15) is 9.59 Å². The summed E-state index contributed by atoms with van der Waals surface area (Å²) in [5.41, 5.74) is 0.926. The lowest BCUT2D eigenvalue weighted by molar-refractivity contribution is -0.124. The van der Waals surface area contributed by atoms with Gasteiger partial charge in [-0.2, -0.15) is 0 Å². The highest BCUT2D eigenvalue weighted by atomic mass is 16.6. The molecule has 6 nitrogen and oxygen atoms in total. The highest BCUT2D eigenvalue weighted by molar-refractivity contribution is 6.07. The molecular weight excluding hydrogens is 260 g/mol. The topological polar surface area (TPSA) is 76.7 Å². The van der Waals surface area contributed by atoms with E-state index in [1.807, 2.05) is 12.1 Å². The molecule has 0 radical (unpaired) electrons. The first-order chi connectivity index (χ1) is 9.69. The number of benzene rings is 1. The predicted octanol–water partition coefficient (Wildman–Crippen LogP) is 0.829. The summed E-state index contributed by atoms with van der Waals surface area (Å²) in [5.74, 6) is 1.09. The first-order valence-electron chi connectivity index (χ1n) is 6.76. The van der Waals surface area contributed by atoms with E-state index in [1.54, 1.807) is 0 Å². The number of carbonyl (C=O) groups excluding carboxylic acids is 2. The lowest BCUT2D eigenvalue weighted by Crippen LogP contribution is -2.46. The summed E-state index contributed by atoms with van der Waals surface area (Å²) in [6, 6.07) is 3.34. The van der Waals surface area contributed by atoms with Gasteiger partial charge < -0.3 is 14.8 Å². The van der Waals surface area contributed by atoms with E-state index in [-0.39, 0.29) is 5.91 Å². The van der Waals surface area contributed by atoms with Crippen LogP contribution in [0.25, 0.3) is 0 Å². The highest BCUT2D eigenvalue weighted by Crippen LogP contribution is 2.43. The van der Waals surface area contributed by atoms with Crippen LogP contribution in [0.1, 0.15) is 24.0 Å². The number of hydrogen-bond donors (Lipinski definition) is 2.